The topological polar surface area (TPSA) is 161 Å². The quantitative estimate of drug-likeness (QED) is 0.455. The van der Waals surface area contributed by atoms with Crippen LogP contribution in [-0.4, -0.2) is 46.6 Å². The molecule has 110 valence electrons. The number of hydrogen-bond acceptors (Lipinski definition) is 4. The highest BCUT2D eigenvalue weighted by molar-refractivity contribution is 5.69. The van der Waals surface area contributed by atoms with Gasteiger partial charge in [0.2, 0.25) is 0 Å². The van der Waals surface area contributed by atoms with Gasteiger partial charge in [0, 0.05) is 19.8 Å². The number of aliphatic hydroxyl groups is 3. The molecular weight excluding hydrogens is 228 g/mol. The summed E-state index contributed by atoms with van der Waals surface area (Å²) in [7, 11) is 0. The Bertz CT molecular complexity index is 85.2. The fraction of sp³-hybridized carbons (Fsp3) is 0.900. The van der Waals surface area contributed by atoms with Crippen LogP contribution in [0.25, 0.3) is 0 Å². The van der Waals surface area contributed by atoms with Crippen molar-refractivity contribution in [1.29, 1.82) is 0 Å². The fourth-order valence-corrected chi connectivity index (χ4v) is 0. The second-order valence-electron chi connectivity index (χ2n) is 2.57. The number of carbonyl (C=O) groups is 1. The van der Waals surface area contributed by atoms with Gasteiger partial charge >= 0.3 is 6.03 Å². The number of hydrogen-bond donors (Lipinski definition) is 5. The molecule has 7 nitrogen and oxygen atoms in total. The molecule has 17 heavy (non-hydrogen) atoms. The van der Waals surface area contributed by atoms with Crippen molar-refractivity contribution in [2.75, 3.05) is 19.8 Å². The van der Waals surface area contributed by atoms with Gasteiger partial charge in [-0.3, -0.25) is 0 Å². The minimum Gasteiger partial charge on any atom is -0.412 e. The third-order valence-electron chi connectivity index (χ3n) is 0.671. The Labute approximate surface area is 104 Å². The maximum Gasteiger partial charge on any atom is 0.309 e. The van der Waals surface area contributed by atoms with Crippen LogP contribution in [0.5, 0.6) is 0 Å². The van der Waals surface area contributed by atoms with E-state index >= 15 is 0 Å². The van der Waals surface area contributed by atoms with Gasteiger partial charge in [0.1, 0.15) is 0 Å². The Morgan fingerprint density at radius 1 is 0.824 bits per heavy atom. The summed E-state index contributed by atoms with van der Waals surface area (Å²) >= 11 is 0. The summed E-state index contributed by atoms with van der Waals surface area (Å²) in [5, 5.41) is 23.6. The Kier molecular flexibility index (Phi) is 80.2. The molecule has 0 bridgehead atoms. The van der Waals surface area contributed by atoms with Crippen molar-refractivity contribution in [2.24, 2.45) is 11.5 Å². The van der Waals surface area contributed by atoms with E-state index in [1.807, 2.05) is 20.8 Å². The highest BCUT2D eigenvalue weighted by Gasteiger charge is 1.60. The van der Waals surface area contributed by atoms with Crippen LogP contribution in [0.15, 0.2) is 0 Å². The number of amides is 2. The van der Waals surface area contributed by atoms with Crippen LogP contribution >= 0.6 is 0 Å². The van der Waals surface area contributed by atoms with Crippen molar-refractivity contribution in [1.82, 2.24) is 0 Å². The van der Waals surface area contributed by atoms with Gasteiger partial charge in [0.25, 0.3) is 0 Å². The maximum atomic E-state index is 9.00. The van der Waals surface area contributed by atoms with Gasteiger partial charge in [-0.2, -0.15) is 0 Å². The molecule has 0 unspecified atom stereocenters. The first-order valence-corrected chi connectivity index (χ1v) is 5.35. The Hall–Kier alpha value is -0.890. The lowest BCUT2D eigenvalue weighted by Gasteiger charge is -1.69. The maximum absolute atomic E-state index is 9.00. The van der Waals surface area contributed by atoms with Crippen molar-refractivity contribution in [3.63, 3.8) is 0 Å². The standard InChI is InChI=1S/3C3H8O.CH4N2O.H2O/c3*1-2-3-4;2-1(3)4;/h3*4H,2-3H2,1H3;(H4,2,3,4);1H2. The monoisotopic (exact) mass is 258 g/mol. The molecule has 9 N–H and O–H groups in total. The van der Waals surface area contributed by atoms with Crippen LogP contribution in [0, 0.1) is 0 Å². The van der Waals surface area contributed by atoms with E-state index in [2.05, 4.69) is 11.5 Å². The van der Waals surface area contributed by atoms with E-state index < -0.39 is 6.03 Å². The predicted molar refractivity (Wildman–Crippen MR) is 69.5 cm³/mol. The molecule has 0 spiro atoms. The van der Waals surface area contributed by atoms with E-state index in [0.29, 0.717) is 19.8 Å². The van der Waals surface area contributed by atoms with E-state index in [4.69, 9.17) is 20.1 Å². The van der Waals surface area contributed by atoms with Crippen molar-refractivity contribution in [3.8, 4) is 0 Å². The van der Waals surface area contributed by atoms with Gasteiger partial charge < -0.3 is 32.3 Å². The lowest BCUT2D eigenvalue weighted by Crippen LogP contribution is -2.18. The second kappa shape index (κ2) is 45.7. The first-order chi connectivity index (χ1) is 7.47. The number of aliphatic hydroxyl groups excluding tert-OH is 3. The van der Waals surface area contributed by atoms with Gasteiger partial charge in [-0.25, -0.2) is 4.79 Å². The predicted octanol–water partition coefficient (Wildman–Crippen LogP) is -0.635. The normalized spacial score (nSPS) is 6.71. The molecule has 0 aromatic heterocycles. The number of primary amides is 2. The third-order valence-corrected chi connectivity index (χ3v) is 0.671. The highest BCUT2D eigenvalue weighted by Crippen LogP contribution is 1.62. The van der Waals surface area contributed by atoms with Crippen molar-refractivity contribution in [2.45, 2.75) is 40.0 Å². The number of rotatable bonds is 3. The van der Waals surface area contributed by atoms with Crippen LogP contribution in [0.2, 0.25) is 0 Å². The van der Waals surface area contributed by atoms with Crippen LogP contribution in [-0.2, 0) is 0 Å². The molecule has 0 saturated heterocycles. The zero-order chi connectivity index (χ0) is 13.8. The summed E-state index contributed by atoms with van der Waals surface area (Å²) in [6.45, 7) is 6.75. The average Bonchev–Trinajstić information content (AvgIpc) is 2.28. The summed E-state index contributed by atoms with van der Waals surface area (Å²) in [6, 6.07) is -0.833. The third kappa shape index (κ3) is 583. The van der Waals surface area contributed by atoms with E-state index in [1.54, 1.807) is 0 Å². The molecular formula is C10H30N2O5. The molecule has 0 rings (SSSR count). The lowest BCUT2D eigenvalue weighted by atomic mass is 10.5. The molecule has 0 saturated carbocycles. The summed E-state index contributed by atoms with van der Waals surface area (Å²) in [5.74, 6) is 0. The smallest absolute Gasteiger partial charge is 0.309 e. The van der Waals surface area contributed by atoms with Crippen molar-refractivity contribution >= 4 is 6.03 Å². The number of carbonyl (C=O) groups excluding carboxylic acids is 1. The molecule has 0 aromatic rings. The molecule has 0 heterocycles. The molecule has 0 radical (unpaired) electrons. The first-order valence-electron chi connectivity index (χ1n) is 5.35. The zero-order valence-corrected chi connectivity index (χ0v) is 11.1. The van der Waals surface area contributed by atoms with Crippen LogP contribution in [0.1, 0.15) is 40.0 Å². The van der Waals surface area contributed by atoms with Crippen LogP contribution < -0.4 is 11.5 Å². The highest BCUT2D eigenvalue weighted by atomic mass is 16.3. The average molecular weight is 258 g/mol. The first kappa shape index (κ1) is 29.8. The molecule has 0 aliphatic rings. The zero-order valence-electron chi connectivity index (χ0n) is 11.1. The molecule has 0 fully saturated rings. The summed E-state index contributed by atoms with van der Waals surface area (Å²) < 4.78 is 0. The van der Waals surface area contributed by atoms with Crippen molar-refractivity contribution in [3.05, 3.63) is 0 Å². The molecule has 2 amide bonds. The van der Waals surface area contributed by atoms with E-state index in [9.17, 15) is 0 Å². The SMILES string of the molecule is CCCO.CCCO.CCCO.NC(N)=O.O. The molecule has 7 heteroatoms. The Morgan fingerprint density at radius 2 is 0.882 bits per heavy atom. The summed E-state index contributed by atoms with van der Waals surface area (Å²) in [4.78, 5) is 9.00. The number of nitrogens with two attached hydrogens (primary N) is 2. The van der Waals surface area contributed by atoms with E-state index in [1.165, 1.54) is 0 Å². The minimum absolute atomic E-state index is 0. The number of urea groups is 1. The molecule has 0 aliphatic heterocycles. The lowest BCUT2D eigenvalue weighted by molar-refractivity contribution is 0.256. The van der Waals surface area contributed by atoms with E-state index in [-0.39, 0.29) is 5.48 Å². The largest absolute Gasteiger partial charge is 0.412 e. The Morgan fingerprint density at radius 3 is 0.882 bits per heavy atom. The molecule has 0 aromatic carbocycles. The van der Waals surface area contributed by atoms with Gasteiger partial charge in [0.05, 0.1) is 0 Å². The van der Waals surface area contributed by atoms with Crippen molar-refractivity contribution < 1.29 is 25.6 Å². The van der Waals surface area contributed by atoms with Crippen LogP contribution in [0.4, 0.5) is 4.79 Å². The second-order valence-corrected chi connectivity index (χ2v) is 2.57. The van der Waals surface area contributed by atoms with Gasteiger partial charge in [-0.1, -0.05) is 20.8 Å². The molecule has 0 atom stereocenters. The fourth-order valence-electron chi connectivity index (χ4n) is 0. The van der Waals surface area contributed by atoms with Gasteiger partial charge in [0.15, 0.2) is 0 Å². The van der Waals surface area contributed by atoms with Crippen LogP contribution in [0.3, 0.4) is 0 Å². The van der Waals surface area contributed by atoms with Gasteiger partial charge in [-0.05, 0) is 19.3 Å². The van der Waals surface area contributed by atoms with E-state index in [0.717, 1.165) is 19.3 Å². The summed E-state index contributed by atoms with van der Waals surface area (Å²) in [5.41, 5.74) is 8.50. The summed E-state index contributed by atoms with van der Waals surface area (Å²) in [6.07, 6.45) is 2.62. The van der Waals surface area contributed by atoms with Gasteiger partial charge in [-0.15, -0.1) is 0 Å². The Balaban J connectivity index is -0.0000000369. The molecule has 0 aliphatic carbocycles. The minimum atomic E-state index is -0.833.